The molecule has 0 aromatic heterocycles. The second-order valence-electron chi connectivity index (χ2n) is 6.93. The van der Waals surface area contributed by atoms with Crippen molar-refractivity contribution in [2.24, 2.45) is 11.5 Å². The van der Waals surface area contributed by atoms with Gasteiger partial charge in [-0.3, -0.25) is 0 Å². The summed E-state index contributed by atoms with van der Waals surface area (Å²) in [6.45, 7) is 7.23. The van der Waals surface area contributed by atoms with Gasteiger partial charge in [-0.1, -0.05) is 30.8 Å². The Bertz CT molecular complexity index is 771. The first-order chi connectivity index (χ1) is 13.5. The molecule has 152 valence electrons. The van der Waals surface area contributed by atoms with E-state index in [0.29, 0.717) is 11.4 Å². The van der Waals surface area contributed by atoms with Crippen LogP contribution in [0.25, 0.3) is 0 Å². The maximum atomic E-state index is 13.9. The molecule has 0 amide bonds. The fraction of sp³-hybridized carbons (Fsp3) is 0.364. The number of benzene rings is 2. The van der Waals surface area contributed by atoms with Crippen molar-refractivity contribution < 1.29 is 8.78 Å². The average molecular weight is 389 g/mol. The molecule has 1 saturated heterocycles. The summed E-state index contributed by atoms with van der Waals surface area (Å²) in [6.07, 6.45) is 2.75. The topological polar surface area (TPSA) is 76.1 Å². The standard InChI is InChI=1S/C16H14F2N2.C5H11N.CH5N/c1-9(19)15-14(10-5-7-11(17)8-6-10)12-3-2-4-13(18)16(12)20-15;1-5-3-2-4-6-5;1-2/h2-8,14-15,20H,1,19H2;5-6H,2-4H2,1H3;2H2,1H3/t;5-;/m.1./s1. The first kappa shape index (κ1) is 21.9. The van der Waals surface area contributed by atoms with E-state index in [1.54, 1.807) is 18.2 Å². The zero-order valence-electron chi connectivity index (χ0n) is 16.5. The van der Waals surface area contributed by atoms with Crippen LogP contribution in [0.1, 0.15) is 36.8 Å². The predicted octanol–water partition coefficient (Wildman–Crippen LogP) is 3.70. The Kier molecular flexibility index (Phi) is 7.96. The largest absolute Gasteiger partial charge is 0.401 e. The highest BCUT2D eigenvalue weighted by Gasteiger charge is 2.35. The van der Waals surface area contributed by atoms with Crippen LogP contribution in [-0.2, 0) is 0 Å². The van der Waals surface area contributed by atoms with Gasteiger partial charge in [0.15, 0.2) is 0 Å². The van der Waals surface area contributed by atoms with Crippen LogP contribution in [-0.4, -0.2) is 25.7 Å². The van der Waals surface area contributed by atoms with E-state index in [4.69, 9.17) is 5.73 Å². The number of rotatable bonds is 2. The Hall–Kier alpha value is -2.44. The van der Waals surface area contributed by atoms with Crippen molar-refractivity contribution in [1.82, 2.24) is 5.32 Å². The van der Waals surface area contributed by atoms with E-state index in [1.165, 1.54) is 44.6 Å². The summed E-state index contributed by atoms with van der Waals surface area (Å²) in [7, 11) is 1.50. The molecular formula is C22H30F2N4. The molecule has 6 N–H and O–H groups in total. The second-order valence-corrected chi connectivity index (χ2v) is 6.93. The molecule has 4 nitrogen and oxygen atoms in total. The van der Waals surface area contributed by atoms with Gasteiger partial charge in [0.2, 0.25) is 0 Å². The molecule has 2 unspecified atom stereocenters. The van der Waals surface area contributed by atoms with Crippen LogP contribution >= 0.6 is 0 Å². The molecule has 2 aliphatic rings. The lowest BCUT2D eigenvalue weighted by atomic mass is 9.87. The molecule has 0 bridgehead atoms. The highest BCUT2D eigenvalue weighted by atomic mass is 19.1. The number of nitrogens with two attached hydrogens (primary N) is 2. The quantitative estimate of drug-likeness (QED) is 0.633. The minimum Gasteiger partial charge on any atom is -0.401 e. The van der Waals surface area contributed by atoms with Crippen molar-refractivity contribution in [3.05, 3.63) is 77.5 Å². The number of para-hydroxylation sites is 1. The summed E-state index contributed by atoms with van der Waals surface area (Å²) in [6, 6.07) is 11.6. The van der Waals surface area contributed by atoms with Crippen molar-refractivity contribution >= 4 is 5.69 Å². The molecule has 6 heteroatoms. The lowest BCUT2D eigenvalue weighted by Crippen LogP contribution is -2.27. The van der Waals surface area contributed by atoms with E-state index in [9.17, 15) is 8.78 Å². The van der Waals surface area contributed by atoms with Gasteiger partial charge in [-0.05, 0) is 62.7 Å². The molecule has 4 rings (SSSR count). The van der Waals surface area contributed by atoms with Crippen molar-refractivity contribution in [2.45, 2.75) is 37.8 Å². The Morgan fingerprint density at radius 1 is 1.11 bits per heavy atom. The van der Waals surface area contributed by atoms with Gasteiger partial charge in [0.25, 0.3) is 0 Å². The summed E-state index contributed by atoms with van der Waals surface area (Å²) in [4.78, 5) is 0. The van der Waals surface area contributed by atoms with Gasteiger partial charge in [-0.25, -0.2) is 8.78 Å². The maximum absolute atomic E-state index is 13.9. The van der Waals surface area contributed by atoms with Crippen LogP contribution in [0, 0.1) is 11.6 Å². The Morgan fingerprint density at radius 2 is 1.79 bits per heavy atom. The molecular weight excluding hydrogens is 358 g/mol. The highest BCUT2D eigenvalue weighted by molar-refractivity contribution is 5.65. The third kappa shape index (κ3) is 5.09. The predicted molar refractivity (Wildman–Crippen MR) is 112 cm³/mol. The van der Waals surface area contributed by atoms with Gasteiger partial charge in [0.05, 0.1) is 11.7 Å². The van der Waals surface area contributed by atoms with E-state index in [1.807, 2.05) is 6.07 Å². The van der Waals surface area contributed by atoms with Crippen LogP contribution in [0.5, 0.6) is 0 Å². The van der Waals surface area contributed by atoms with Crippen LogP contribution < -0.4 is 22.1 Å². The van der Waals surface area contributed by atoms with Gasteiger partial charge in [-0.15, -0.1) is 0 Å². The zero-order chi connectivity index (χ0) is 20.7. The van der Waals surface area contributed by atoms with Crippen molar-refractivity contribution in [3.63, 3.8) is 0 Å². The van der Waals surface area contributed by atoms with Gasteiger partial charge >= 0.3 is 0 Å². The third-order valence-electron chi connectivity index (χ3n) is 4.95. The van der Waals surface area contributed by atoms with E-state index < -0.39 is 0 Å². The Balaban J connectivity index is 0.000000296. The normalized spacial score (nSPS) is 22.1. The van der Waals surface area contributed by atoms with Gasteiger partial charge < -0.3 is 22.1 Å². The fourth-order valence-corrected chi connectivity index (χ4v) is 3.58. The maximum Gasteiger partial charge on any atom is 0.146 e. The molecule has 1 fully saturated rings. The summed E-state index contributed by atoms with van der Waals surface area (Å²) in [5, 5.41) is 6.39. The number of nitrogens with one attached hydrogen (secondary N) is 2. The molecule has 0 saturated carbocycles. The summed E-state index contributed by atoms with van der Waals surface area (Å²) in [5.41, 5.74) is 12.9. The molecule has 0 radical (unpaired) electrons. The van der Waals surface area contributed by atoms with Gasteiger partial charge in [-0.2, -0.15) is 0 Å². The molecule has 3 atom stereocenters. The fourth-order valence-electron chi connectivity index (χ4n) is 3.58. The Morgan fingerprint density at radius 3 is 2.29 bits per heavy atom. The lowest BCUT2D eigenvalue weighted by Gasteiger charge is -2.20. The smallest absolute Gasteiger partial charge is 0.146 e. The molecule has 2 aliphatic heterocycles. The lowest BCUT2D eigenvalue weighted by molar-refractivity contribution is 0.625. The van der Waals surface area contributed by atoms with Gasteiger partial charge in [0.1, 0.15) is 11.6 Å². The second kappa shape index (κ2) is 10.2. The molecule has 0 spiro atoms. The van der Waals surface area contributed by atoms with Crippen LogP contribution in [0.4, 0.5) is 14.5 Å². The van der Waals surface area contributed by atoms with Crippen molar-refractivity contribution in [2.75, 3.05) is 18.9 Å². The molecule has 28 heavy (non-hydrogen) atoms. The summed E-state index contributed by atoms with van der Waals surface area (Å²) < 4.78 is 27.0. The third-order valence-corrected chi connectivity index (χ3v) is 4.95. The van der Waals surface area contributed by atoms with Gasteiger partial charge in [0, 0.05) is 17.7 Å². The minimum atomic E-state index is -0.321. The summed E-state index contributed by atoms with van der Waals surface area (Å²) in [5.74, 6) is -0.792. The van der Waals surface area contributed by atoms with Crippen molar-refractivity contribution in [1.29, 1.82) is 0 Å². The van der Waals surface area contributed by atoms with Crippen LogP contribution in [0.15, 0.2) is 54.7 Å². The van der Waals surface area contributed by atoms with E-state index in [-0.39, 0.29) is 23.6 Å². The van der Waals surface area contributed by atoms with Crippen molar-refractivity contribution in [3.8, 4) is 0 Å². The molecule has 0 aliphatic carbocycles. The Labute approximate surface area is 166 Å². The number of anilines is 1. The van der Waals surface area contributed by atoms with E-state index in [2.05, 4.69) is 29.9 Å². The molecule has 2 aromatic carbocycles. The first-order valence-electron chi connectivity index (χ1n) is 9.53. The minimum absolute atomic E-state index is 0.168. The summed E-state index contributed by atoms with van der Waals surface area (Å²) >= 11 is 0. The average Bonchev–Trinajstić information content (AvgIpc) is 3.32. The zero-order valence-corrected chi connectivity index (χ0v) is 16.5. The van der Waals surface area contributed by atoms with E-state index in [0.717, 1.165) is 17.2 Å². The van der Waals surface area contributed by atoms with Crippen LogP contribution in [0.2, 0.25) is 0 Å². The number of hydrogen-bond donors (Lipinski definition) is 4. The van der Waals surface area contributed by atoms with Crippen LogP contribution in [0.3, 0.4) is 0 Å². The number of fused-ring (bicyclic) bond motifs is 1. The molecule has 2 heterocycles. The highest BCUT2D eigenvalue weighted by Crippen LogP contribution is 2.42. The monoisotopic (exact) mass is 388 g/mol. The van der Waals surface area contributed by atoms with E-state index >= 15 is 0 Å². The SMILES string of the molecule is C=C(N)C1Nc2c(F)cccc2C1c1ccc(F)cc1.CN.C[C@@H]1CCCN1. The first-order valence-corrected chi connectivity index (χ1v) is 9.53. The number of hydrogen-bond acceptors (Lipinski definition) is 4. The molecule has 2 aromatic rings. The number of halogens is 2.